The molecule has 20 heavy (non-hydrogen) atoms. The minimum Gasteiger partial charge on any atom is -0.465 e. The number of carbonyl (C=O) groups is 1. The van der Waals surface area contributed by atoms with E-state index in [1.54, 1.807) is 0 Å². The summed E-state index contributed by atoms with van der Waals surface area (Å²) >= 11 is 6.11. The molecule has 2 atom stereocenters. The second-order valence-corrected chi connectivity index (χ2v) is 5.41. The molecule has 1 fully saturated rings. The molecule has 1 saturated carbocycles. The summed E-state index contributed by atoms with van der Waals surface area (Å²) in [6, 6.07) is 3.56. The Labute approximate surface area is 119 Å². The van der Waals surface area contributed by atoms with Crippen LogP contribution in [0.4, 0.5) is 13.2 Å². The quantitative estimate of drug-likeness (QED) is 0.599. The van der Waals surface area contributed by atoms with Crippen LogP contribution in [0.3, 0.4) is 0 Å². The van der Waals surface area contributed by atoms with E-state index in [1.807, 2.05) is 0 Å². The average Bonchev–Trinajstić information content (AvgIpc) is 2.82. The highest BCUT2D eigenvalue weighted by Crippen LogP contribution is 2.43. The third kappa shape index (κ3) is 2.92. The Morgan fingerprint density at radius 1 is 1.35 bits per heavy atom. The Hall–Kier alpha value is -1.23. The van der Waals surface area contributed by atoms with Gasteiger partial charge in [-0.2, -0.15) is 13.2 Å². The van der Waals surface area contributed by atoms with Crippen LogP contribution >= 0.6 is 11.6 Å². The highest BCUT2D eigenvalue weighted by Gasteiger charge is 2.38. The summed E-state index contributed by atoms with van der Waals surface area (Å²) in [6.45, 7) is 0. The van der Waals surface area contributed by atoms with Crippen LogP contribution in [0.5, 0.6) is 0 Å². The number of carbonyl (C=O) groups excluding carboxylic acids is 1. The molecule has 1 aliphatic rings. The zero-order chi connectivity index (χ0) is 14.9. The third-order valence-electron chi connectivity index (χ3n) is 3.61. The first kappa shape index (κ1) is 15.2. The van der Waals surface area contributed by atoms with Crippen LogP contribution < -0.4 is 0 Å². The van der Waals surface area contributed by atoms with Crippen molar-refractivity contribution in [3.05, 3.63) is 34.9 Å². The molecular formula is C14H14ClF3O2. The number of hydrogen-bond acceptors (Lipinski definition) is 2. The summed E-state index contributed by atoms with van der Waals surface area (Å²) in [5.41, 5.74) is -0.728. The van der Waals surface area contributed by atoms with E-state index in [4.69, 9.17) is 11.6 Å². The monoisotopic (exact) mass is 306 g/mol. The highest BCUT2D eigenvalue weighted by molar-refractivity contribution is 6.21. The molecule has 0 N–H and O–H groups in total. The predicted octanol–water partition coefficient (Wildman–Crippen LogP) is 4.37. The molecule has 1 aromatic carbocycles. The molecule has 0 aromatic heterocycles. The van der Waals surface area contributed by atoms with Crippen LogP contribution in [0.1, 0.15) is 46.7 Å². The van der Waals surface area contributed by atoms with Crippen molar-refractivity contribution in [3.8, 4) is 0 Å². The zero-order valence-corrected chi connectivity index (χ0v) is 11.6. The lowest BCUT2D eigenvalue weighted by molar-refractivity contribution is -0.138. The first-order valence-electron chi connectivity index (χ1n) is 6.28. The number of benzene rings is 1. The fourth-order valence-electron chi connectivity index (χ4n) is 2.64. The van der Waals surface area contributed by atoms with Crippen LogP contribution in [0.15, 0.2) is 18.2 Å². The van der Waals surface area contributed by atoms with E-state index in [-0.39, 0.29) is 22.4 Å². The van der Waals surface area contributed by atoms with E-state index < -0.39 is 17.7 Å². The first-order chi connectivity index (χ1) is 9.34. The maximum Gasteiger partial charge on any atom is 0.416 e. The van der Waals surface area contributed by atoms with Crippen LogP contribution in [0.25, 0.3) is 0 Å². The van der Waals surface area contributed by atoms with Crippen LogP contribution in [0.2, 0.25) is 0 Å². The molecule has 6 heteroatoms. The number of alkyl halides is 4. The van der Waals surface area contributed by atoms with Crippen LogP contribution in [-0.2, 0) is 10.9 Å². The van der Waals surface area contributed by atoms with Crippen LogP contribution in [-0.4, -0.2) is 18.5 Å². The highest BCUT2D eigenvalue weighted by atomic mass is 35.5. The van der Waals surface area contributed by atoms with Gasteiger partial charge in [0.25, 0.3) is 0 Å². The Morgan fingerprint density at radius 3 is 2.55 bits per heavy atom. The summed E-state index contributed by atoms with van der Waals surface area (Å²) in [4.78, 5) is 11.4. The minimum atomic E-state index is -4.52. The van der Waals surface area contributed by atoms with E-state index in [2.05, 4.69) is 4.74 Å². The van der Waals surface area contributed by atoms with Gasteiger partial charge in [-0.3, -0.25) is 0 Å². The van der Waals surface area contributed by atoms with Crippen molar-refractivity contribution in [3.63, 3.8) is 0 Å². The van der Waals surface area contributed by atoms with Crippen molar-refractivity contribution in [2.24, 2.45) is 0 Å². The van der Waals surface area contributed by atoms with E-state index >= 15 is 0 Å². The van der Waals surface area contributed by atoms with Crippen molar-refractivity contribution >= 4 is 17.6 Å². The van der Waals surface area contributed by atoms with Crippen molar-refractivity contribution in [2.75, 3.05) is 7.11 Å². The van der Waals surface area contributed by atoms with E-state index in [1.165, 1.54) is 12.1 Å². The molecule has 0 saturated heterocycles. The van der Waals surface area contributed by atoms with Gasteiger partial charge in [0.1, 0.15) is 0 Å². The maximum atomic E-state index is 13.2. The van der Waals surface area contributed by atoms with Gasteiger partial charge in [-0.05, 0) is 30.5 Å². The van der Waals surface area contributed by atoms with E-state index in [0.29, 0.717) is 12.8 Å². The molecule has 0 aliphatic heterocycles. The maximum absolute atomic E-state index is 13.2. The Bertz CT molecular complexity index is 514. The Morgan fingerprint density at radius 2 is 2.05 bits per heavy atom. The van der Waals surface area contributed by atoms with Gasteiger partial charge in [0.2, 0.25) is 0 Å². The molecule has 0 amide bonds. The summed E-state index contributed by atoms with van der Waals surface area (Å²) < 4.78 is 44.0. The molecule has 0 heterocycles. The fourth-order valence-corrected chi connectivity index (χ4v) is 3.05. The van der Waals surface area contributed by atoms with Gasteiger partial charge >= 0.3 is 12.1 Å². The number of ether oxygens (including phenoxy) is 1. The Balaban J connectivity index is 2.49. The zero-order valence-electron chi connectivity index (χ0n) is 10.8. The van der Waals surface area contributed by atoms with Gasteiger partial charge in [-0.1, -0.05) is 12.5 Å². The van der Waals surface area contributed by atoms with E-state index in [0.717, 1.165) is 19.6 Å². The molecule has 0 spiro atoms. The SMILES string of the molecule is COC(=O)c1ccc(C2CCCC2Cl)c(C(F)(F)F)c1. The second-order valence-electron chi connectivity index (χ2n) is 4.84. The molecule has 2 rings (SSSR count). The number of halogens is 4. The lowest BCUT2D eigenvalue weighted by Crippen LogP contribution is -2.16. The van der Waals surface area contributed by atoms with Gasteiger partial charge < -0.3 is 4.74 Å². The molecule has 110 valence electrons. The number of esters is 1. The van der Waals surface area contributed by atoms with Crippen molar-refractivity contribution in [2.45, 2.75) is 36.7 Å². The van der Waals surface area contributed by atoms with Gasteiger partial charge in [0.15, 0.2) is 0 Å². The average molecular weight is 307 g/mol. The fraction of sp³-hybridized carbons (Fsp3) is 0.500. The van der Waals surface area contributed by atoms with Gasteiger partial charge in [0.05, 0.1) is 18.2 Å². The molecule has 0 bridgehead atoms. The number of rotatable bonds is 2. The van der Waals surface area contributed by atoms with Gasteiger partial charge in [-0.25, -0.2) is 4.79 Å². The summed E-state index contributed by atoms with van der Waals surface area (Å²) in [7, 11) is 1.13. The predicted molar refractivity (Wildman–Crippen MR) is 69.0 cm³/mol. The topological polar surface area (TPSA) is 26.3 Å². The number of methoxy groups -OCH3 is 1. The molecule has 1 aromatic rings. The van der Waals surface area contributed by atoms with Crippen molar-refractivity contribution in [1.29, 1.82) is 0 Å². The third-order valence-corrected chi connectivity index (χ3v) is 4.13. The van der Waals surface area contributed by atoms with Crippen LogP contribution in [0, 0.1) is 0 Å². The molecule has 2 unspecified atom stereocenters. The summed E-state index contributed by atoms with van der Waals surface area (Å²) in [5.74, 6) is -1.10. The lowest BCUT2D eigenvalue weighted by atomic mass is 9.91. The largest absolute Gasteiger partial charge is 0.465 e. The first-order valence-corrected chi connectivity index (χ1v) is 6.71. The second kappa shape index (κ2) is 5.64. The molecule has 2 nitrogen and oxygen atoms in total. The number of hydrogen-bond donors (Lipinski definition) is 0. The van der Waals surface area contributed by atoms with Crippen molar-refractivity contribution in [1.82, 2.24) is 0 Å². The van der Waals surface area contributed by atoms with Crippen molar-refractivity contribution < 1.29 is 22.7 Å². The minimum absolute atomic E-state index is 0.104. The summed E-state index contributed by atoms with van der Waals surface area (Å²) in [6.07, 6.45) is -2.36. The van der Waals surface area contributed by atoms with E-state index in [9.17, 15) is 18.0 Å². The normalized spacial score (nSPS) is 22.9. The van der Waals surface area contributed by atoms with Gasteiger partial charge in [-0.15, -0.1) is 11.6 Å². The summed E-state index contributed by atoms with van der Waals surface area (Å²) in [5, 5.41) is -0.292. The smallest absolute Gasteiger partial charge is 0.416 e. The standard InChI is InChI=1S/C14H14ClF3O2/c1-20-13(19)8-5-6-9(10-3-2-4-12(10)15)11(7-8)14(16,17)18/h5-7,10,12H,2-4H2,1H3. The lowest BCUT2D eigenvalue weighted by Gasteiger charge is -2.20. The Kier molecular flexibility index (Phi) is 4.28. The van der Waals surface area contributed by atoms with Gasteiger partial charge in [0, 0.05) is 11.3 Å². The molecule has 1 aliphatic carbocycles. The molecule has 0 radical (unpaired) electrons. The molecular weight excluding hydrogens is 293 g/mol.